The minimum absolute atomic E-state index is 0.123. The molecule has 7 heteroatoms. The van der Waals surface area contributed by atoms with Crippen LogP contribution in [-0.4, -0.2) is 64.7 Å². The normalized spacial score (nSPS) is 22.6. The average molecular weight is 262 g/mol. The van der Waals surface area contributed by atoms with Gasteiger partial charge in [-0.15, -0.1) is 0 Å². The topological polar surface area (TPSA) is 79.8 Å². The van der Waals surface area contributed by atoms with E-state index in [0.717, 1.165) is 10.7 Å². The molecule has 0 aliphatic carbocycles. The lowest BCUT2D eigenvalue weighted by atomic mass is 10.1. The van der Waals surface area contributed by atoms with E-state index in [4.69, 9.17) is 5.26 Å². The highest BCUT2D eigenvalue weighted by atomic mass is 16.2. The Bertz CT molecular complexity index is 543. The van der Waals surface area contributed by atoms with Crippen LogP contribution in [0, 0.1) is 11.3 Å². The van der Waals surface area contributed by atoms with Crippen molar-refractivity contribution in [2.24, 2.45) is 4.99 Å². The fourth-order valence-corrected chi connectivity index (χ4v) is 2.35. The first-order valence-electron chi connectivity index (χ1n) is 6.16. The van der Waals surface area contributed by atoms with E-state index in [9.17, 15) is 9.59 Å². The zero-order chi connectivity index (χ0) is 14.2. The molecule has 0 radical (unpaired) electrons. The summed E-state index contributed by atoms with van der Waals surface area (Å²) < 4.78 is 1.79. The molecular formula is C12H16N5O2+. The van der Waals surface area contributed by atoms with Crippen molar-refractivity contribution in [1.82, 2.24) is 9.80 Å². The molecule has 100 valence electrons. The maximum Gasteiger partial charge on any atom is 0.333 e. The molecule has 1 unspecified atom stereocenters. The molecule has 0 aromatic heterocycles. The molecule has 2 aliphatic rings. The highest BCUT2D eigenvalue weighted by Crippen LogP contribution is 2.19. The molecule has 1 saturated heterocycles. The van der Waals surface area contributed by atoms with Gasteiger partial charge in [-0.3, -0.25) is 14.6 Å². The molecule has 7 nitrogen and oxygen atoms in total. The Hall–Kier alpha value is -2.23. The highest BCUT2D eigenvalue weighted by Gasteiger charge is 2.52. The number of nitrogens with zero attached hydrogens (tertiary/aromatic N) is 5. The van der Waals surface area contributed by atoms with Crippen LogP contribution >= 0.6 is 0 Å². The summed E-state index contributed by atoms with van der Waals surface area (Å²) in [5.74, 6) is 0.959. The predicted octanol–water partition coefficient (Wildman–Crippen LogP) is 0.0256. The van der Waals surface area contributed by atoms with Crippen molar-refractivity contribution >= 4 is 23.6 Å². The van der Waals surface area contributed by atoms with E-state index in [0.29, 0.717) is 12.3 Å². The number of hydrogen-bond acceptors (Lipinski definition) is 4. The van der Waals surface area contributed by atoms with Gasteiger partial charge in [-0.05, 0) is 4.99 Å². The molecule has 1 atom stereocenters. The zero-order valence-corrected chi connectivity index (χ0v) is 11.3. The highest BCUT2D eigenvalue weighted by molar-refractivity contribution is 6.22. The largest absolute Gasteiger partial charge is 0.333 e. The molecular weight excluding hydrogens is 246 g/mol. The van der Waals surface area contributed by atoms with Gasteiger partial charge in [0.2, 0.25) is 0 Å². The van der Waals surface area contributed by atoms with Gasteiger partial charge in [0.25, 0.3) is 23.6 Å². The van der Waals surface area contributed by atoms with Crippen LogP contribution in [0.15, 0.2) is 4.99 Å². The van der Waals surface area contributed by atoms with Gasteiger partial charge in [-0.25, -0.2) is 9.37 Å². The minimum Gasteiger partial charge on any atom is -0.269 e. The fraction of sp³-hybridized carbons (Fsp3) is 0.583. The van der Waals surface area contributed by atoms with Crippen LogP contribution in [0.1, 0.15) is 19.8 Å². The monoisotopic (exact) mass is 262 g/mol. The average Bonchev–Trinajstić information content (AvgIpc) is 2.73. The molecule has 2 heterocycles. The van der Waals surface area contributed by atoms with Gasteiger partial charge in [-0.1, -0.05) is 6.92 Å². The Morgan fingerprint density at radius 1 is 1.47 bits per heavy atom. The molecule has 0 N–H and O–H groups in total. The number of carbonyl (C=O) groups excluding carboxylic acids is 2. The summed E-state index contributed by atoms with van der Waals surface area (Å²) in [5, 5.41) is 8.60. The minimum atomic E-state index is -0.545. The Labute approximate surface area is 111 Å². The Kier molecular flexibility index (Phi) is 3.34. The molecule has 0 saturated carbocycles. The first kappa shape index (κ1) is 13.2. The van der Waals surface area contributed by atoms with E-state index in [-0.39, 0.29) is 18.9 Å². The summed E-state index contributed by atoms with van der Waals surface area (Å²) in [4.78, 5) is 31.3. The molecule has 19 heavy (non-hydrogen) atoms. The molecule has 1 fully saturated rings. The Morgan fingerprint density at radius 3 is 2.74 bits per heavy atom. The number of amidine groups is 2. The second kappa shape index (κ2) is 4.80. The quantitative estimate of drug-likeness (QED) is 0.673. The number of rotatable bonds is 3. The lowest BCUT2D eigenvalue weighted by molar-refractivity contribution is -0.506. The fourth-order valence-electron chi connectivity index (χ4n) is 2.35. The van der Waals surface area contributed by atoms with Crippen LogP contribution < -0.4 is 0 Å². The number of hydrogen-bond donors (Lipinski definition) is 0. The van der Waals surface area contributed by atoms with E-state index in [1.54, 1.807) is 18.7 Å². The summed E-state index contributed by atoms with van der Waals surface area (Å²) >= 11 is 0. The number of amides is 3. The standard InChI is InChI=1S/C12H16N5O2/c1-4-8-14-10-9(15(8)2)11(18)17(7-5-6-13)12(19)16(10)3/h9H,4-5,7H2,1-3H3/q+1. The van der Waals surface area contributed by atoms with Crippen LogP contribution in [-0.2, 0) is 4.79 Å². The number of fused-ring (bicyclic) bond motifs is 1. The third-order valence-electron chi connectivity index (χ3n) is 3.41. The van der Waals surface area contributed by atoms with Crippen LogP contribution in [0.4, 0.5) is 4.79 Å². The van der Waals surface area contributed by atoms with E-state index in [1.807, 2.05) is 13.0 Å². The molecule has 2 rings (SSSR count). The van der Waals surface area contributed by atoms with Gasteiger partial charge in [0.1, 0.15) is 0 Å². The van der Waals surface area contributed by atoms with E-state index < -0.39 is 12.1 Å². The third kappa shape index (κ3) is 1.89. The third-order valence-corrected chi connectivity index (χ3v) is 3.41. The molecule has 3 amide bonds. The van der Waals surface area contributed by atoms with Crippen LogP contribution in [0.3, 0.4) is 0 Å². The summed E-state index contributed by atoms with van der Waals surface area (Å²) in [5.41, 5.74) is 0. The van der Waals surface area contributed by atoms with Crippen molar-refractivity contribution in [3.8, 4) is 6.07 Å². The first-order valence-corrected chi connectivity index (χ1v) is 6.16. The summed E-state index contributed by atoms with van der Waals surface area (Å²) in [7, 11) is 3.40. The molecule has 0 spiro atoms. The van der Waals surface area contributed by atoms with Gasteiger partial charge in [0.05, 0.1) is 26.0 Å². The second-order valence-electron chi connectivity index (χ2n) is 4.49. The van der Waals surface area contributed by atoms with Crippen LogP contribution in [0.5, 0.6) is 0 Å². The number of urea groups is 1. The van der Waals surface area contributed by atoms with Crippen molar-refractivity contribution in [2.45, 2.75) is 25.8 Å². The Morgan fingerprint density at radius 2 is 2.16 bits per heavy atom. The summed E-state index contributed by atoms with van der Waals surface area (Å²) in [6, 6.07) is 0.987. The van der Waals surface area contributed by atoms with Gasteiger partial charge in [0.15, 0.2) is 0 Å². The predicted molar refractivity (Wildman–Crippen MR) is 67.8 cm³/mol. The van der Waals surface area contributed by atoms with E-state index >= 15 is 0 Å². The second-order valence-corrected chi connectivity index (χ2v) is 4.49. The van der Waals surface area contributed by atoms with Crippen molar-refractivity contribution in [3.05, 3.63) is 0 Å². The van der Waals surface area contributed by atoms with Gasteiger partial charge in [0, 0.05) is 13.6 Å². The molecule has 0 aromatic rings. The summed E-state index contributed by atoms with van der Waals surface area (Å²) in [6.07, 6.45) is 0.836. The zero-order valence-electron chi connectivity index (χ0n) is 11.3. The maximum absolute atomic E-state index is 12.4. The smallest absolute Gasteiger partial charge is 0.269 e. The maximum atomic E-state index is 12.4. The summed E-state index contributed by atoms with van der Waals surface area (Å²) in [6.45, 7) is 2.07. The van der Waals surface area contributed by atoms with E-state index in [2.05, 4.69) is 4.99 Å². The first-order chi connectivity index (χ1) is 9.02. The van der Waals surface area contributed by atoms with E-state index in [1.165, 1.54) is 4.90 Å². The molecule has 0 aromatic carbocycles. The van der Waals surface area contributed by atoms with Crippen molar-refractivity contribution < 1.29 is 14.2 Å². The SMILES string of the molecule is CCC1=[N+](C)C2C(=O)N(CCC#N)C(=O)N(C)C2=N1. The van der Waals surface area contributed by atoms with Crippen LogP contribution in [0.25, 0.3) is 0 Å². The van der Waals surface area contributed by atoms with Crippen molar-refractivity contribution in [1.29, 1.82) is 5.26 Å². The number of likely N-dealkylation sites (N-methyl/N-ethyl adjacent to an activating group) is 2. The number of carbonyl (C=O) groups is 2. The molecule has 2 aliphatic heterocycles. The van der Waals surface area contributed by atoms with Crippen LogP contribution in [0.2, 0.25) is 0 Å². The molecule has 0 bridgehead atoms. The number of aliphatic imine (C=N–C) groups is 1. The number of nitriles is 1. The van der Waals surface area contributed by atoms with Crippen molar-refractivity contribution in [2.75, 3.05) is 20.6 Å². The Balaban J connectivity index is 2.36. The number of imide groups is 1. The van der Waals surface area contributed by atoms with Gasteiger partial charge < -0.3 is 0 Å². The lowest BCUT2D eigenvalue weighted by Crippen LogP contribution is -2.62. The van der Waals surface area contributed by atoms with Crippen molar-refractivity contribution in [3.63, 3.8) is 0 Å². The van der Waals surface area contributed by atoms with Gasteiger partial charge in [-0.2, -0.15) is 5.26 Å². The lowest BCUT2D eigenvalue weighted by Gasteiger charge is -2.32. The van der Waals surface area contributed by atoms with Gasteiger partial charge >= 0.3 is 6.03 Å².